The van der Waals surface area contributed by atoms with Crippen LogP contribution in [-0.2, 0) is 0 Å². The number of thiophene rings is 1. The van der Waals surface area contributed by atoms with Crippen molar-refractivity contribution in [3.63, 3.8) is 0 Å². The van der Waals surface area contributed by atoms with Gasteiger partial charge in [-0.1, -0.05) is 18.9 Å². The third-order valence-electron chi connectivity index (χ3n) is 2.94. The molecule has 88 valence electrons. The van der Waals surface area contributed by atoms with Crippen molar-refractivity contribution in [3.05, 3.63) is 22.4 Å². The van der Waals surface area contributed by atoms with Crippen LogP contribution in [0, 0.1) is 0 Å². The second kappa shape index (κ2) is 6.01. The van der Waals surface area contributed by atoms with Gasteiger partial charge < -0.3 is 10.6 Å². The van der Waals surface area contributed by atoms with E-state index in [-0.39, 0.29) is 5.91 Å². The quantitative estimate of drug-likeness (QED) is 0.770. The van der Waals surface area contributed by atoms with E-state index < -0.39 is 0 Å². The molecule has 2 N–H and O–H groups in total. The highest BCUT2D eigenvalue weighted by Crippen LogP contribution is 2.17. The van der Waals surface area contributed by atoms with Gasteiger partial charge >= 0.3 is 0 Å². The smallest absolute Gasteiger partial charge is 0.261 e. The lowest BCUT2D eigenvalue weighted by molar-refractivity contribution is 0.0957. The van der Waals surface area contributed by atoms with E-state index in [0.717, 1.165) is 11.4 Å². The lowest BCUT2D eigenvalue weighted by atomic mass is 10.2. The van der Waals surface area contributed by atoms with E-state index in [0.29, 0.717) is 12.6 Å². The van der Waals surface area contributed by atoms with Crippen molar-refractivity contribution in [1.82, 2.24) is 10.6 Å². The summed E-state index contributed by atoms with van der Waals surface area (Å²) >= 11 is 1.48. The third kappa shape index (κ3) is 3.32. The Balaban J connectivity index is 1.59. The summed E-state index contributed by atoms with van der Waals surface area (Å²) in [6, 6.07) is 4.43. The van der Waals surface area contributed by atoms with Crippen LogP contribution in [0.25, 0.3) is 0 Å². The van der Waals surface area contributed by atoms with Crippen LogP contribution in [0.5, 0.6) is 0 Å². The molecule has 1 aliphatic rings. The highest BCUT2D eigenvalue weighted by atomic mass is 32.1. The van der Waals surface area contributed by atoms with Gasteiger partial charge in [-0.2, -0.15) is 0 Å². The summed E-state index contributed by atoms with van der Waals surface area (Å²) in [5.74, 6) is 0.0446. The summed E-state index contributed by atoms with van der Waals surface area (Å²) < 4.78 is 0. The maximum Gasteiger partial charge on any atom is 0.261 e. The van der Waals surface area contributed by atoms with E-state index in [9.17, 15) is 4.79 Å². The lowest BCUT2D eigenvalue weighted by Crippen LogP contribution is -2.35. The summed E-state index contributed by atoms with van der Waals surface area (Å²) in [5, 5.41) is 8.31. The molecule has 2 rings (SSSR count). The molecule has 0 bridgehead atoms. The molecule has 3 nitrogen and oxygen atoms in total. The monoisotopic (exact) mass is 238 g/mol. The van der Waals surface area contributed by atoms with Crippen LogP contribution in [0.1, 0.15) is 35.4 Å². The predicted octanol–water partition coefficient (Wildman–Crippen LogP) is 2.01. The van der Waals surface area contributed by atoms with Crippen molar-refractivity contribution < 1.29 is 4.79 Å². The average molecular weight is 238 g/mol. The molecule has 0 aromatic carbocycles. The molecule has 1 heterocycles. The summed E-state index contributed by atoms with van der Waals surface area (Å²) in [6.07, 6.45) is 5.27. The Morgan fingerprint density at radius 2 is 2.19 bits per heavy atom. The van der Waals surface area contributed by atoms with Crippen LogP contribution in [0.2, 0.25) is 0 Å². The van der Waals surface area contributed by atoms with Crippen molar-refractivity contribution in [2.75, 3.05) is 13.1 Å². The highest BCUT2D eigenvalue weighted by Gasteiger charge is 2.13. The lowest BCUT2D eigenvalue weighted by Gasteiger charge is -2.11. The first-order chi connectivity index (χ1) is 7.86. The third-order valence-corrected chi connectivity index (χ3v) is 3.81. The molecule has 0 spiro atoms. The van der Waals surface area contributed by atoms with E-state index in [1.807, 2.05) is 17.5 Å². The topological polar surface area (TPSA) is 41.1 Å². The molecule has 0 aliphatic heterocycles. The summed E-state index contributed by atoms with van der Waals surface area (Å²) in [5.41, 5.74) is 0. The molecule has 16 heavy (non-hydrogen) atoms. The minimum absolute atomic E-state index is 0.0446. The molecule has 1 fully saturated rings. The molecule has 4 heteroatoms. The Labute approximate surface area is 100 Å². The Morgan fingerprint density at radius 1 is 1.38 bits per heavy atom. The van der Waals surface area contributed by atoms with Crippen LogP contribution in [0.4, 0.5) is 0 Å². The molecular formula is C12H18N2OS. The minimum atomic E-state index is 0.0446. The fraction of sp³-hybridized carbons (Fsp3) is 0.583. The Kier molecular flexibility index (Phi) is 4.36. The number of hydrogen-bond acceptors (Lipinski definition) is 3. The van der Waals surface area contributed by atoms with Gasteiger partial charge in [0, 0.05) is 19.1 Å². The van der Waals surface area contributed by atoms with Gasteiger partial charge in [-0.3, -0.25) is 4.79 Å². The van der Waals surface area contributed by atoms with Gasteiger partial charge in [0.25, 0.3) is 5.91 Å². The maximum atomic E-state index is 11.6. The summed E-state index contributed by atoms with van der Waals surface area (Å²) in [4.78, 5) is 12.4. The van der Waals surface area contributed by atoms with Gasteiger partial charge in [0.2, 0.25) is 0 Å². The van der Waals surface area contributed by atoms with Gasteiger partial charge in [0.15, 0.2) is 0 Å². The summed E-state index contributed by atoms with van der Waals surface area (Å²) in [6.45, 7) is 1.59. The van der Waals surface area contributed by atoms with Crippen molar-refractivity contribution in [3.8, 4) is 0 Å². The Morgan fingerprint density at radius 3 is 2.88 bits per heavy atom. The second-order valence-corrected chi connectivity index (χ2v) is 5.12. The molecule has 1 aromatic rings. The molecule has 0 atom stereocenters. The molecule has 0 unspecified atom stereocenters. The van der Waals surface area contributed by atoms with Crippen LogP contribution >= 0.6 is 11.3 Å². The van der Waals surface area contributed by atoms with Crippen LogP contribution in [0.3, 0.4) is 0 Å². The fourth-order valence-electron chi connectivity index (χ4n) is 2.08. The molecular weight excluding hydrogens is 220 g/mol. The van der Waals surface area contributed by atoms with Gasteiger partial charge in [-0.15, -0.1) is 11.3 Å². The minimum Gasteiger partial charge on any atom is -0.350 e. The van der Waals surface area contributed by atoms with Crippen LogP contribution < -0.4 is 10.6 Å². The largest absolute Gasteiger partial charge is 0.350 e. The zero-order valence-electron chi connectivity index (χ0n) is 9.37. The molecule has 0 saturated heterocycles. The van der Waals surface area contributed by atoms with Crippen LogP contribution in [-0.4, -0.2) is 25.0 Å². The maximum absolute atomic E-state index is 11.6. The zero-order chi connectivity index (χ0) is 11.2. The number of carbonyl (C=O) groups is 1. The molecule has 1 aliphatic carbocycles. The number of carbonyl (C=O) groups excluding carboxylic acids is 1. The number of amides is 1. The van der Waals surface area contributed by atoms with Gasteiger partial charge in [0.1, 0.15) is 0 Å². The standard InChI is InChI=1S/C12H18N2OS/c15-12(11-6-3-9-16-11)14-8-7-13-10-4-1-2-5-10/h3,6,9-10,13H,1-2,4-5,7-8H2,(H,14,15). The van der Waals surface area contributed by atoms with Crippen molar-refractivity contribution >= 4 is 17.2 Å². The number of rotatable bonds is 5. The molecule has 1 amide bonds. The van der Waals surface area contributed by atoms with Gasteiger partial charge in [-0.05, 0) is 24.3 Å². The number of hydrogen-bond donors (Lipinski definition) is 2. The van der Waals surface area contributed by atoms with E-state index in [1.54, 1.807) is 0 Å². The second-order valence-electron chi connectivity index (χ2n) is 4.17. The van der Waals surface area contributed by atoms with Crippen molar-refractivity contribution in [1.29, 1.82) is 0 Å². The molecule has 0 radical (unpaired) electrons. The number of nitrogens with one attached hydrogen (secondary N) is 2. The van der Waals surface area contributed by atoms with Gasteiger partial charge in [-0.25, -0.2) is 0 Å². The van der Waals surface area contributed by atoms with Crippen molar-refractivity contribution in [2.45, 2.75) is 31.7 Å². The summed E-state index contributed by atoms with van der Waals surface area (Å²) in [7, 11) is 0. The molecule has 1 aromatic heterocycles. The van der Waals surface area contributed by atoms with E-state index >= 15 is 0 Å². The Bertz CT molecular complexity index is 318. The van der Waals surface area contributed by atoms with Crippen LogP contribution in [0.15, 0.2) is 17.5 Å². The van der Waals surface area contributed by atoms with Crippen molar-refractivity contribution in [2.24, 2.45) is 0 Å². The van der Waals surface area contributed by atoms with E-state index in [4.69, 9.17) is 0 Å². The zero-order valence-corrected chi connectivity index (χ0v) is 10.2. The van der Waals surface area contributed by atoms with E-state index in [1.165, 1.54) is 37.0 Å². The first kappa shape index (κ1) is 11.6. The fourth-order valence-corrected chi connectivity index (χ4v) is 2.72. The first-order valence-electron chi connectivity index (χ1n) is 5.91. The highest BCUT2D eigenvalue weighted by molar-refractivity contribution is 7.12. The van der Waals surface area contributed by atoms with E-state index in [2.05, 4.69) is 10.6 Å². The SMILES string of the molecule is O=C(NCCNC1CCCC1)c1cccs1. The normalized spacial score (nSPS) is 16.5. The first-order valence-corrected chi connectivity index (χ1v) is 6.79. The predicted molar refractivity (Wildman–Crippen MR) is 66.9 cm³/mol. The molecule has 1 saturated carbocycles. The Hall–Kier alpha value is -0.870. The average Bonchev–Trinajstić information content (AvgIpc) is 2.96. The van der Waals surface area contributed by atoms with Gasteiger partial charge in [0.05, 0.1) is 4.88 Å².